The second-order valence-electron chi connectivity index (χ2n) is 5.30. The molecule has 1 atom stereocenters. The molecule has 0 aliphatic carbocycles. The zero-order chi connectivity index (χ0) is 15.1. The van der Waals surface area contributed by atoms with Crippen LogP contribution in [0.5, 0.6) is 5.75 Å². The number of likely N-dealkylation sites (tertiary alicyclic amines) is 1. The fraction of sp³-hybridized carbons (Fsp3) is 0.562. The molecule has 21 heavy (non-hydrogen) atoms. The van der Waals surface area contributed by atoms with Gasteiger partial charge < -0.3 is 14.7 Å². The zero-order valence-corrected chi connectivity index (χ0v) is 13.7. The van der Waals surface area contributed by atoms with E-state index in [1.54, 1.807) is 0 Å². The summed E-state index contributed by atoms with van der Waals surface area (Å²) in [5.41, 5.74) is 0. The Hall–Kier alpha value is -1.07. The largest absolute Gasteiger partial charge is 0.493 e. The fourth-order valence-corrected chi connectivity index (χ4v) is 2.97. The highest BCUT2D eigenvalue weighted by Crippen LogP contribution is 2.21. The lowest BCUT2D eigenvalue weighted by Crippen LogP contribution is -2.44. The third kappa shape index (κ3) is 5.00. The van der Waals surface area contributed by atoms with Crippen molar-refractivity contribution in [3.63, 3.8) is 0 Å². The summed E-state index contributed by atoms with van der Waals surface area (Å²) in [5, 5.41) is 9.10. The highest BCUT2D eigenvalue weighted by molar-refractivity contribution is 9.10. The summed E-state index contributed by atoms with van der Waals surface area (Å²) in [7, 11) is 0. The molecule has 5 heteroatoms. The Bertz CT molecular complexity index is 447. The van der Waals surface area contributed by atoms with Crippen molar-refractivity contribution in [2.45, 2.75) is 38.1 Å². The molecule has 4 nitrogen and oxygen atoms in total. The molecule has 0 bridgehead atoms. The Kier molecular flexibility index (Phi) is 6.51. The SMILES string of the molecule is O=C(CCOc1ccc(Br)cc1)N1CCCCC1CCO. The molecule has 0 aromatic heterocycles. The van der Waals surface area contributed by atoms with Crippen molar-refractivity contribution in [1.29, 1.82) is 0 Å². The first-order valence-electron chi connectivity index (χ1n) is 7.49. The first-order valence-corrected chi connectivity index (χ1v) is 8.28. The summed E-state index contributed by atoms with van der Waals surface area (Å²) in [6.45, 7) is 1.34. The Morgan fingerprint density at radius 2 is 2.10 bits per heavy atom. The van der Waals surface area contributed by atoms with E-state index in [1.807, 2.05) is 29.2 Å². The summed E-state index contributed by atoms with van der Waals surface area (Å²) in [5.74, 6) is 0.904. The minimum atomic E-state index is 0.130. The second kappa shape index (κ2) is 8.39. The van der Waals surface area contributed by atoms with E-state index in [0.717, 1.165) is 36.0 Å². The number of aliphatic hydroxyl groups excluding tert-OH is 1. The maximum absolute atomic E-state index is 12.3. The monoisotopic (exact) mass is 355 g/mol. The molecule has 1 heterocycles. The predicted octanol–water partition coefficient (Wildman–Crippen LogP) is 2.98. The van der Waals surface area contributed by atoms with Crippen molar-refractivity contribution < 1.29 is 14.6 Å². The van der Waals surface area contributed by atoms with Gasteiger partial charge >= 0.3 is 0 Å². The van der Waals surface area contributed by atoms with Gasteiger partial charge in [-0.25, -0.2) is 0 Å². The van der Waals surface area contributed by atoms with Crippen molar-refractivity contribution in [2.75, 3.05) is 19.8 Å². The lowest BCUT2D eigenvalue weighted by atomic mass is 9.99. The molecule has 1 unspecified atom stereocenters. The van der Waals surface area contributed by atoms with Gasteiger partial charge in [0, 0.05) is 23.7 Å². The number of carbonyl (C=O) groups is 1. The van der Waals surface area contributed by atoms with Gasteiger partial charge in [-0.15, -0.1) is 0 Å². The lowest BCUT2D eigenvalue weighted by molar-refractivity contribution is -0.135. The molecule has 1 saturated heterocycles. The van der Waals surface area contributed by atoms with Crippen molar-refractivity contribution in [2.24, 2.45) is 0 Å². The van der Waals surface area contributed by atoms with Crippen molar-refractivity contribution >= 4 is 21.8 Å². The molecule has 1 N–H and O–H groups in total. The van der Waals surface area contributed by atoms with E-state index in [2.05, 4.69) is 15.9 Å². The molecule has 2 rings (SSSR count). The summed E-state index contributed by atoms with van der Waals surface area (Å²) >= 11 is 3.37. The number of aliphatic hydroxyl groups is 1. The van der Waals surface area contributed by atoms with Gasteiger partial charge in [-0.05, 0) is 49.9 Å². The van der Waals surface area contributed by atoms with Crippen LogP contribution < -0.4 is 4.74 Å². The van der Waals surface area contributed by atoms with E-state index in [9.17, 15) is 4.79 Å². The summed E-state index contributed by atoms with van der Waals surface area (Å²) in [4.78, 5) is 14.2. The van der Waals surface area contributed by atoms with Crippen LogP contribution in [0.25, 0.3) is 0 Å². The minimum absolute atomic E-state index is 0.130. The number of nitrogens with zero attached hydrogens (tertiary/aromatic N) is 1. The van der Waals surface area contributed by atoms with E-state index < -0.39 is 0 Å². The molecular weight excluding hydrogens is 334 g/mol. The van der Waals surface area contributed by atoms with Crippen LogP contribution in [0, 0.1) is 0 Å². The number of carbonyl (C=O) groups excluding carboxylic acids is 1. The summed E-state index contributed by atoms with van der Waals surface area (Å²) < 4.78 is 6.61. The third-order valence-electron chi connectivity index (χ3n) is 3.81. The summed E-state index contributed by atoms with van der Waals surface area (Å²) in [6.07, 6.45) is 4.27. The maximum Gasteiger partial charge on any atom is 0.226 e. The molecule has 0 saturated carbocycles. The molecule has 1 fully saturated rings. The van der Waals surface area contributed by atoms with E-state index in [1.165, 1.54) is 0 Å². The number of halogens is 1. The van der Waals surface area contributed by atoms with Crippen molar-refractivity contribution in [3.8, 4) is 5.75 Å². The molecule has 1 aromatic rings. The Labute approximate surface area is 134 Å². The smallest absolute Gasteiger partial charge is 0.226 e. The molecule has 116 valence electrons. The molecule has 1 aliphatic rings. The van der Waals surface area contributed by atoms with Gasteiger partial charge in [-0.1, -0.05) is 15.9 Å². The lowest BCUT2D eigenvalue weighted by Gasteiger charge is -2.35. The number of piperidine rings is 1. The Morgan fingerprint density at radius 3 is 2.81 bits per heavy atom. The van der Waals surface area contributed by atoms with Crippen LogP contribution in [0.4, 0.5) is 0 Å². The van der Waals surface area contributed by atoms with Crippen molar-refractivity contribution in [3.05, 3.63) is 28.7 Å². The molecule has 1 aliphatic heterocycles. The van der Waals surface area contributed by atoms with Crippen LogP contribution in [-0.4, -0.2) is 41.7 Å². The van der Waals surface area contributed by atoms with Gasteiger partial charge in [0.05, 0.1) is 13.0 Å². The Morgan fingerprint density at radius 1 is 1.33 bits per heavy atom. The van der Waals surface area contributed by atoms with Gasteiger partial charge in [0.15, 0.2) is 0 Å². The van der Waals surface area contributed by atoms with Gasteiger partial charge in [0.25, 0.3) is 0 Å². The molecule has 1 amide bonds. The Balaban J connectivity index is 1.78. The quantitative estimate of drug-likeness (QED) is 0.853. The normalized spacial score (nSPS) is 18.6. The van der Waals surface area contributed by atoms with E-state index in [4.69, 9.17) is 9.84 Å². The first-order chi connectivity index (χ1) is 10.2. The minimum Gasteiger partial charge on any atom is -0.493 e. The van der Waals surface area contributed by atoms with Crippen LogP contribution in [0.2, 0.25) is 0 Å². The standard InChI is InChI=1S/C16H22BrNO3/c17-13-4-6-15(7-5-13)21-12-9-16(20)18-10-2-1-3-14(18)8-11-19/h4-7,14,19H,1-3,8-12H2. The number of ether oxygens (including phenoxy) is 1. The number of amides is 1. The van der Waals surface area contributed by atoms with E-state index >= 15 is 0 Å². The highest BCUT2D eigenvalue weighted by atomic mass is 79.9. The van der Waals surface area contributed by atoms with Crippen LogP contribution >= 0.6 is 15.9 Å². The average molecular weight is 356 g/mol. The highest BCUT2D eigenvalue weighted by Gasteiger charge is 2.25. The average Bonchev–Trinajstić information content (AvgIpc) is 2.50. The van der Waals surface area contributed by atoms with E-state index in [0.29, 0.717) is 19.4 Å². The zero-order valence-electron chi connectivity index (χ0n) is 12.1. The molecule has 0 radical (unpaired) electrons. The number of hydrogen-bond donors (Lipinski definition) is 1. The van der Waals surface area contributed by atoms with Gasteiger partial charge in [0.2, 0.25) is 5.91 Å². The molecule has 0 spiro atoms. The first kappa shape index (κ1) is 16.3. The number of rotatable bonds is 6. The fourth-order valence-electron chi connectivity index (χ4n) is 2.71. The predicted molar refractivity (Wildman–Crippen MR) is 85.3 cm³/mol. The maximum atomic E-state index is 12.3. The van der Waals surface area contributed by atoms with Gasteiger partial charge in [0.1, 0.15) is 5.75 Å². The third-order valence-corrected chi connectivity index (χ3v) is 4.34. The molecule has 1 aromatic carbocycles. The van der Waals surface area contributed by atoms with Crippen LogP contribution in [0.1, 0.15) is 32.1 Å². The summed E-state index contributed by atoms with van der Waals surface area (Å²) in [6, 6.07) is 7.79. The molecular formula is C16H22BrNO3. The van der Waals surface area contributed by atoms with Gasteiger partial charge in [-0.3, -0.25) is 4.79 Å². The van der Waals surface area contributed by atoms with Crippen LogP contribution in [-0.2, 0) is 4.79 Å². The number of hydrogen-bond acceptors (Lipinski definition) is 3. The van der Waals surface area contributed by atoms with Crippen LogP contribution in [0.3, 0.4) is 0 Å². The second-order valence-corrected chi connectivity index (χ2v) is 6.22. The van der Waals surface area contributed by atoms with Gasteiger partial charge in [-0.2, -0.15) is 0 Å². The van der Waals surface area contributed by atoms with Crippen LogP contribution in [0.15, 0.2) is 28.7 Å². The topological polar surface area (TPSA) is 49.8 Å². The van der Waals surface area contributed by atoms with Crippen molar-refractivity contribution in [1.82, 2.24) is 4.90 Å². The number of benzene rings is 1. The van der Waals surface area contributed by atoms with E-state index in [-0.39, 0.29) is 18.6 Å².